The van der Waals surface area contributed by atoms with Gasteiger partial charge < -0.3 is 5.32 Å². The van der Waals surface area contributed by atoms with E-state index < -0.39 is 0 Å². The number of halogens is 2. The Hall–Kier alpha value is -1.49. The Labute approximate surface area is 125 Å². The molecule has 104 valence electrons. The highest BCUT2D eigenvalue weighted by atomic mass is 79.9. The third-order valence-electron chi connectivity index (χ3n) is 3.26. The van der Waals surface area contributed by atoms with Crippen molar-refractivity contribution in [1.29, 1.82) is 0 Å². The molecule has 5 heteroatoms. The van der Waals surface area contributed by atoms with Crippen LogP contribution in [0.25, 0.3) is 0 Å². The number of hydrogen-bond donors (Lipinski definition) is 1. The number of benzene rings is 1. The first kappa shape index (κ1) is 13.5. The van der Waals surface area contributed by atoms with E-state index in [-0.39, 0.29) is 5.82 Å². The zero-order valence-electron chi connectivity index (χ0n) is 10.9. The lowest BCUT2D eigenvalue weighted by Gasteiger charge is -2.08. The van der Waals surface area contributed by atoms with Crippen molar-refractivity contribution in [1.82, 2.24) is 9.97 Å². The largest absolute Gasteiger partial charge is 0.370 e. The van der Waals surface area contributed by atoms with Crippen molar-refractivity contribution in [2.24, 2.45) is 0 Å². The molecule has 20 heavy (non-hydrogen) atoms. The van der Waals surface area contributed by atoms with Crippen LogP contribution in [0.3, 0.4) is 0 Å². The monoisotopic (exact) mass is 335 g/mol. The summed E-state index contributed by atoms with van der Waals surface area (Å²) in [6, 6.07) is 8.55. The van der Waals surface area contributed by atoms with E-state index in [9.17, 15) is 4.39 Å². The topological polar surface area (TPSA) is 37.8 Å². The van der Waals surface area contributed by atoms with Crippen LogP contribution in [0.4, 0.5) is 10.2 Å². The predicted molar refractivity (Wildman–Crippen MR) is 80.3 cm³/mol. The first-order valence-electron chi connectivity index (χ1n) is 6.73. The zero-order chi connectivity index (χ0) is 13.9. The van der Waals surface area contributed by atoms with Crippen molar-refractivity contribution >= 4 is 21.7 Å². The third kappa shape index (κ3) is 3.54. The highest BCUT2D eigenvalue weighted by molar-refractivity contribution is 9.10. The van der Waals surface area contributed by atoms with Gasteiger partial charge in [-0.2, -0.15) is 0 Å². The van der Waals surface area contributed by atoms with Crippen molar-refractivity contribution < 1.29 is 4.39 Å². The second-order valence-electron chi connectivity index (χ2n) is 5.02. The number of hydrogen-bond acceptors (Lipinski definition) is 3. The Morgan fingerprint density at radius 3 is 2.85 bits per heavy atom. The van der Waals surface area contributed by atoms with E-state index in [4.69, 9.17) is 0 Å². The Morgan fingerprint density at radius 1 is 1.25 bits per heavy atom. The molecule has 1 aromatic carbocycles. The van der Waals surface area contributed by atoms with Gasteiger partial charge in [-0.3, -0.25) is 0 Å². The van der Waals surface area contributed by atoms with Gasteiger partial charge >= 0.3 is 0 Å². The number of anilines is 1. The summed E-state index contributed by atoms with van der Waals surface area (Å²) in [4.78, 5) is 8.91. The molecule has 0 spiro atoms. The molecular weight excluding hydrogens is 321 g/mol. The fraction of sp³-hybridized carbons (Fsp3) is 0.333. The molecule has 1 aliphatic rings. The second kappa shape index (κ2) is 5.87. The first-order chi connectivity index (χ1) is 9.70. The summed E-state index contributed by atoms with van der Waals surface area (Å²) in [6.07, 6.45) is 3.12. The Balaban J connectivity index is 1.60. The van der Waals surface area contributed by atoms with Gasteiger partial charge in [-0.1, -0.05) is 12.1 Å². The van der Waals surface area contributed by atoms with Crippen molar-refractivity contribution in [3.05, 3.63) is 52.1 Å². The SMILES string of the molecule is Fc1cccc(CCNc2cc(Br)nc(C3CC3)n2)c1. The lowest BCUT2D eigenvalue weighted by atomic mass is 10.1. The molecule has 0 aliphatic heterocycles. The summed E-state index contributed by atoms with van der Waals surface area (Å²) in [6.45, 7) is 0.719. The highest BCUT2D eigenvalue weighted by Gasteiger charge is 2.27. The summed E-state index contributed by atoms with van der Waals surface area (Å²) in [5.74, 6) is 2.07. The molecule has 0 radical (unpaired) electrons. The summed E-state index contributed by atoms with van der Waals surface area (Å²) >= 11 is 3.41. The fourth-order valence-electron chi connectivity index (χ4n) is 2.08. The number of nitrogens with one attached hydrogen (secondary N) is 1. The molecule has 0 atom stereocenters. The van der Waals surface area contributed by atoms with Gasteiger partial charge in [0.2, 0.25) is 0 Å². The smallest absolute Gasteiger partial charge is 0.135 e. The third-order valence-corrected chi connectivity index (χ3v) is 3.67. The molecule has 0 unspecified atom stereocenters. The van der Waals surface area contributed by atoms with Crippen LogP contribution >= 0.6 is 15.9 Å². The van der Waals surface area contributed by atoms with Crippen molar-refractivity contribution in [3.8, 4) is 0 Å². The van der Waals surface area contributed by atoms with Crippen LogP contribution < -0.4 is 5.32 Å². The van der Waals surface area contributed by atoms with E-state index >= 15 is 0 Å². The molecule has 1 aliphatic carbocycles. The quantitative estimate of drug-likeness (QED) is 0.842. The average molecular weight is 336 g/mol. The maximum absolute atomic E-state index is 13.1. The minimum atomic E-state index is -0.191. The van der Waals surface area contributed by atoms with E-state index in [0.29, 0.717) is 5.92 Å². The van der Waals surface area contributed by atoms with Crippen LogP contribution in [0, 0.1) is 5.82 Å². The molecule has 1 N–H and O–H groups in total. The molecule has 1 aromatic heterocycles. The van der Waals surface area contributed by atoms with Gasteiger partial charge in [0, 0.05) is 18.5 Å². The predicted octanol–water partition coefficient (Wildman–Crippen LogP) is 3.91. The van der Waals surface area contributed by atoms with Gasteiger partial charge in [0.25, 0.3) is 0 Å². The summed E-state index contributed by atoms with van der Waals surface area (Å²) in [5.41, 5.74) is 0.980. The number of aromatic nitrogens is 2. The van der Waals surface area contributed by atoms with E-state index in [0.717, 1.165) is 34.8 Å². The summed E-state index contributed by atoms with van der Waals surface area (Å²) in [5, 5.41) is 3.27. The number of nitrogens with zero attached hydrogens (tertiary/aromatic N) is 2. The molecule has 3 rings (SSSR count). The van der Waals surface area contributed by atoms with Crippen molar-refractivity contribution in [3.63, 3.8) is 0 Å². The standard InChI is InChI=1S/C15H15BrFN3/c16-13-9-14(20-15(19-13)11-4-5-11)18-7-6-10-2-1-3-12(17)8-10/h1-3,8-9,11H,4-7H2,(H,18,19,20). The van der Waals surface area contributed by atoms with E-state index in [2.05, 4.69) is 31.2 Å². The lowest BCUT2D eigenvalue weighted by molar-refractivity contribution is 0.625. The Morgan fingerprint density at radius 2 is 2.10 bits per heavy atom. The van der Waals surface area contributed by atoms with Crippen LogP contribution in [-0.2, 0) is 6.42 Å². The molecule has 0 saturated heterocycles. The zero-order valence-corrected chi connectivity index (χ0v) is 12.5. The lowest BCUT2D eigenvalue weighted by Crippen LogP contribution is -2.08. The second-order valence-corrected chi connectivity index (χ2v) is 5.83. The van der Waals surface area contributed by atoms with E-state index in [1.54, 1.807) is 12.1 Å². The molecule has 3 nitrogen and oxygen atoms in total. The Bertz CT molecular complexity index is 614. The molecule has 2 aromatic rings. The van der Waals surface area contributed by atoms with Crippen molar-refractivity contribution in [2.75, 3.05) is 11.9 Å². The molecule has 1 heterocycles. The summed E-state index contributed by atoms with van der Waals surface area (Å²) < 4.78 is 13.9. The van der Waals surface area contributed by atoms with Crippen LogP contribution in [0.15, 0.2) is 34.9 Å². The minimum absolute atomic E-state index is 0.191. The normalized spacial score (nSPS) is 14.3. The highest BCUT2D eigenvalue weighted by Crippen LogP contribution is 2.38. The van der Waals surface area contributed by atoms with Gasteiger partial charge in [-0.05, 0) is 52.9 Å². The van der Waals surface area contributed by atoms with E-state index in [1.807, 2.05) is 12.1 Å². The van der Waals surface area contributed by atoms with Crippen molar-refractivity contribution in [2.45, 2.75) is 25.2 Å². The molecule has 1 saturated carbocycles. The van der Waals surface area contributed by atoms with Crippen LogP contribution in [0.2, 0.25) is 0 Å². The first-order valence-corrected chi connectivity index (χ1v) is 7.53. The molecule has 1 fully saturated rings. The van der Waals surface area contributed by atoms with Crippen LogP contribution in [-0.4, -0.2) is 16.5 Å². The van der Waals surface area contributed by atoms with Crippen LogP contribution in [0.1, 0.15) is 30.1 Å². The van der Waals surface area contributed by atoms with Gasteiger partial charge in [-0.25, -0.2) is 14.4 Å². The van der Waals surface area contributed by atoms with Crippen LogP contribution in [0.5, 0.6) is 0 Å². The maximum Gasteiger partial charge on any atom is 0.135 e. The number of rotatable bonds is 5. The van der Waals surface area contributed by atoms with Gasteiger partial charge in [0.05, 0.1) is 0 Å². The minimum Gasteiger partial charge on any atom is -0.370 e. The molecule has 0 bridgehead atoms. The van der Waals surface area contributed by atoms with Gasteiger partial charge in [0.15, 0.2) is 0 Å². The molecular formula is C15H15BrFN3. The Kier molecular flexibility index (Phi) is 3.96. The van der Waals surface area contributed by atoms with E-state index in [1.165, 1.54) is 18.9 Å². The molecule has 0 amide bonds. The van der Waals surface area contributed by atoms with Gasteiger partial charge in [-0.15, -0.1) is 0 Å². The summed E-state index contributed by atoms with van der Waals surface area (Å²) in [7, 11) is 0. The fourth-order valence-corrected chi connectivity index (χ4v) is 2.48. The average Bonchev–Trinajstić information content (AvgIpc) is 3.22. The van der Waals surface area contributed by atoms with Gasteiger partial charge in [0.1, 0.15) is 22.1 Å². The maximum atomic E-state index is 13.1.